The molecular weight excluding hydrogens is 316 g/mol. The van der Waals surface area contributed by atoms with Crippen LogP contribution in [0.5, 0.6) is 0 Å². The summed E-state index contributed by atoms with van der Waals surface area (Å²) in [7, 11) is 0. The molecule has 1 aliphatic rings. The lowest BCUT2D eigenvalue weighted by Gasteiger charge is -2.47. The van der Waals surface area contributed by atoms with E-state index in [4.69, 9.17) is 14.2 Å². The summed E-state index contributed by atoms with van der Waals surface area (Å²) >= 11 is 0. The van der Waals surface area contributed by atoms with Crippen LogP contribution in [0.3, 0.4) is 0 Å². The summed E-state index contributed by atoms with van der Waals surface area (Å²) in [6, 6.07) is 10.1. The molecule has 1 heterocycles. The number of rotatable bonds is 10. The van der Waals surface area contributed by atoms with Gasteiger partial charge in [0, 0.05) is 19.6 Å². The van der Waals surface area contributed by atoms with Crippen LogP contribution in [0.15, 0.2) is 30.3 Å². The maximum atomic E-state index is 11.5. The van der Waals surface area contributed by atoms with Gasteiger partial charge in [-0.1, -0.05) is 57.0 Å². The Morgan fingerprint density at radius 2 is 1.72 bits per heavy atom. The molecule has 3 unspecified atom stereocenters. The highest BCUT2D eigenvalue weighted by atomic mass is 16.6. The van der Waals surface area contributed by atoms with Gasteiger partial charge >= 0.3 is 0 Å². The predicted molar refractivity (Wildman–Crippen MR) is 99.8 cm³/mol. The monoisotopic (exact) mass is 350 g/mol. The third kappa shape index (κ3) is 5.52. The van der Waals surface area contributed by atoms with Crippen LogP contribution in [-0.2, 0) is 20.6 Å². The normalized spacial score (nSPS) is 29.7. The standard InChI is InChI=1S/C21H34O4/c1-4-6-13-23-19-16-25-17(3)21(22,20(19)24-14-7-5-2)15-18-11-9-8-10-12-18/h8-12,17,19-20,22H,4-7,13-16H2,1-3H3/t17?,19?,20?,21-/m1/s1. The summed E-state index contributed by atoms with van der Waals surface area (Å²) in [6.45, 7) is 8.00. The molecule has 4 nitrogen and oxygen atoms in total. The van der Waals surface area contributed by atoms with E-state index in [0.717, 1.165) is 31.2 Å². The van der Waals surface area contributed by atoms with Crippen molar-refractivity contribution in [2.75, 3.05) is 19.8 Å². The first-order valence-electron chi connectivity index (χ1n) is 9.73. The average molecular weight is 350 g/mol. The molecule has 2 rings (SSSR count). The van der Waals surface area contributed by atoms with Gasteiger partial charge < -0.3 is 19.3 Å². The third-order valence-corrected chi connectivity index (χ3v) is 5.00. The highest BCUT2D eigenvalue weighted by molar-refractivity contribution is 5.19. The molecule has 4 heteroatoms. The molecular formula is C21H34O4. The average Bonchev–Trinajstić information content (AvgIpc) is 2.61. The molecule has 1 saturated heterocycles. The zero-order valence-corrected chi connectivity index (χ0v) is 15.9. The van der Waals surface area contributed by atoms with Crippen molar-refractivity contribution in [3.8, 4) is 0 Å². The van der Waals surface area contributed by atoms with Crippen LogP contribution in [0.2, 0.25) is 0 Å². The maximum Gasteiger partial charge on any atom is 0.123 e. The van der Waals surface area contributed by atoms with E-state index in [1.54, 1.807) is 0 Å². The zero-order valence-electron chi connectivity index (χ0n) is 15.9. The Morgan fingerprint density at radius 1 is 1.08 bits per heavy atom. The Hall–Kier alpha value is -0.940. The summed E-state index contributed by atoms with van der Waals surface area (Å²) in [5, 5.41) is 11.5. The van der Waals surface area contributed by atoms with Crippen LogP contribution in [0, 0.1) is 0 Å². The highest BCUT2D eigenvalue weighted by Crippen LogP contribution is 2.33. The molecule has 0 amide bonds. The van der Waals surface area contributed by atoms with E-state index >= 15 is 0 Å². The molecule has 4 atom stereocenters. The molecule has 142 valence electrons. The first kappa shape index (κ1) is 20.4. The molecule has 1 fully saturated rings. The lowest BCUT2D eigenvalue weighted by molar-refractivity contribution is -0.260. The van der Waals surface area contributed by atoms with Crippen molar-refractivity contribution in [1.82, 2.24) is 0 Å². The van der Waals surface area contributed by atoms with E-state index in [1.807, 2.05) is 37.3 Å². The fraction of sp³-hybridized carbons (Fsp3) is 0.714. The zero-order chi connectivity index (χ0) is 18.1. The highest BCUT2D eigenvalue weighted by Gasteiger charge is 2.51. The van der Waals surface area contributed by atoms with Crippen LogP contribution in [0.4, 0.5) is 0 Å². The van der Waals surface area contributed by atoms with Crippen molar-refractivity contribution in [3.63, 3.8) is 0 Å². The van der Waals surface area contributed by atoms with Crippen molar-refractivity contribution in [2.24, 2.45) is 0 Å². The van der Waals surface area contributed by atoms with Crippen molar-refractivity contribution in [1.29, 1.82) is 0 Å². The van der Waals surface area contributed by atoms with Crippen LogP contribution >= 0.6 is 0 Å². The summed E-state index contributed by atoms with van der Waals surface area (Å²) < 4.78 is 18.1. The minimum atomic E-state index is -1.09. The molecule has 1 aromatic carbocycles. The molecule has 0 saturated carbocycles. The first-order chi connectivity index (χ1) is 12.1. The summed E-state index contributed by atoms with van der Waals surface area (Å²) in [4.78, 5) is 0. The van der Waals surface area contributed by atoms with Gasteiger partial charge in [0.2, 0.25) is 0 Å². The molecule has 1 N–H and O–H groups in total. The lowest BCUT2D eigenvalue weighted by atomic mass is 9.80. The van der Waals surface area contributed by atoms with Crippen molar-refractivity contribution in [3.05, 3.63) is 35.9 Å². The number of benzene rings is 1. The quantitative estimate of drug-likeness (QED) is 0.653. The smallest absolute Gasteiger partial charge is 0.123 e. The van der Waals surface area contributed by atoms with Crippen molar-refractivity contribution in [2.45, 2.75) is 76.8 Å². The third-order valence-electron chi connectivity index (χ3n) is 5.00. The van der Waals surface area contributed by atoms with Gasteiger partial charge in [0.05, 0.1) is 12.7 Å². The Kier molecular flexibility index (Phi) is 8.37. The van der Waals surface area contributed by atoms with E-state index in [0.29, 0.717) is 26.2 Å². The van der Waals surface area contributed by atoms with Gasteiger partial charge in [-0.3, -0.25) is 0 Å². The van der Waals surface area contributed by atoms with E-state index in [9.17, 15) is 5.11 Å². The number of hydrogen-bond donors (Lipinski definition) is 1. The Morgan fingerprint density at radius 3 is 2.36 bits per heavy atom. The summed E-state index contributed by atoms with van der Waals surface area (Å²) in [6.07, 6.45) is 3.73. The van der Waals surface area contributed by atoms with Gasteiger partial charge in [-0.15, -0.1) is 0 Å². The summed E-state index contributed by atoms with van der Waals surface area (Å²) in [5.74, 6) is 0. The van der Waals surface area contributed by atoms with Crippen molar-refractivity contribution < 1.29 is 19.3 Å². The molecule has 25 heavy (non-hydrogen) atoms. The van der Waals surface area contributed by atoms with Gasteiger partial charge in [0.1, 0.15) is 17.8 Å². The number of aliphatic hydroxyl groups is 1. The molecule has 0 spiro atoms. The van der Waals surface area contributed by atoms with Gasteiger partial charge in [-0.2, -0.15) is 0 Å². The predicted octanol–water partition coefficient (Wildman–Crippen LogP) is 3.75. The fourth-order valence-electron chi connectivity index (χ4n) is 3.31. The van der Waals surface area contributed by atoms with Crippen LogP contribution in [-0.4, -0.2) is 48.8 Å². The first-order valence-corrected chi connectivity index (χ1v) is 9.73. The second-order valence-electron chi connectivity index (χ2n) is 7.04. The van der Waals surface area contributed by atoms with Crippen molar-refractivity contribution >= 4 is 0 Å². The molecule has 1 aliphatic heterocycles. The number of hydrogen-bond acceptors (Lipinski definition) is 4. The SMILES string of the molecule is CCCCOC1COC(C)[C@](O)(Cc2ccccc2)C1OCCCC. The molecule has 0 aliphatic carbocycles. The number of ether oxygens (including phenoxy) is 3. The van der Waals surface area contributed by atoms with Gasteiger partial charge in [0.25, 0.3) is 0 Å². The van der Waals surface area contributed by atoms with E-state index in [1.165, 1.54) is 0 Å². The fourth-order valence-corrected chi connectivity index (χ4v) is 3.31. The maximum absolute atomic E-state index is 11.5. The Balaban J connectivity index is 2.16. The minimum Gasteiger partial charge on any atom is -0.384 e. The van der Waals surface area contributed by atoms with Gasteiger partial charge in [0.15, 0.2) is 0 Å². The largest absolute Gasteiger partial charge is 0.384 e. The molecule has 0 bridgehead atoms. The topological polar surface area (TPSA) is 47.9 Å². The Labute approximate surface area is 152 Å². The van der Waals surface area contributed by atoms with Gasteiger partial charge in [-0.05, 0) is 25.3 Å². The van der Waals surface area contributed by atoms with E-state index in [-0.39, 0.29) is 18.3 Å². The second-order valence-corrected chi connectivity index (χ2v) is 7.04. The van der Waals surface area contributed by atoms with Crippen LogP contribution in [0.1, 0.15) is 52.0 Å². The Bertz CT molecular complexity index is 478. The number of unbranched alkanes of at least 4 members (excludes halogenated alkanes) is 2. The van der Waals surface area contributed by atoms with Crippen LogP contribution < -0.4 is 0 Å². The molecule has 0 radical (unpaired) electrons. The molecule has 1 aromatic rings. The lowest BCUT2D eigenvalue weighted by Crippen LogP contribution is -2.64. The van der Waals surface area contributed by atoms with E-state index < -0.39 is 5.60 Å². The summed E-state index contributed by atoms with van der Waals surface area (Å²) in [5.41, 5.74) is -0.0109. The minimum absolute atomic E-state index is 0.228. The van der Waals surface area contributed by atoms with E-state index in [2.05, 4.69) is 13.8 Å². The van der Waals surface area contributed by atoms with Gasteiger partial charge in [-0.25, -0.2) is 0 Å². The molecule has 0 aromatic heterocycles. The second kappa shape index (κ2) is 10.3. The van der Waals surface area contributed by atoms with Crippen LogP contribution in [0.25, 0.3) is 0 Å².